The van der Waals surface area contributed by atoms with E-state index in [4.69, 9.17) is 4.74 Å². The van der Waals surface area contributed by atoms with Crippen molar-refractivity contribution in [2.24, 2.45) is 0 Å². The van der Waals surface area contributed by atoms with Crippen LogP contribution in [0.4, 0.5) is 10.1 Å². The van der Waals surface area contributed by atoms with Gasteiger partial charge in [-0.15, -0.1) is 0 Å². The highest BCUT2D eigenvalue weighted by molar-refractivity contribution is 5.95. The van der Waals surface area contributed by atoms with Crippen LogP contribution in [0.3, 0.4) is 0 Å². The van der Waals surface area contributed by atoms with Crippen molar-refractivity contribution in [1.82, 2.24) is 4.90 Å². The molecule has 0 unspecified atom stereocenters. The molecule has 0 radical (unpaired) electrons. The van der Waals surface area contributed by atoms with E-state index in [1.807, 2.05) is 0 Å². The fourth-order valence-corrected chi connectivity index (χ4v) is 2.48. The molecule has 1 aromatic rings. The van der Waals surface area contributed by atoms with Crippen LogP contribution in [0.1, 0.15) is 28.8 Å². The molecular formula is C14H17FN2O4. The molecule has 1 saturated heterocycles. The number of benzene rings is 1. The van der Waals surface area contributed by atoms with Crippen LogP contribution in [-0.2, 0) is 4.74 Å². The minimum absolute atomic E-state index is 0.0966. The van der Waals surface area contributed by atoms with Crippen LogP contribution in [0.25, 0.3) is 0 Å². The summed E-state index contributed by atoms with van der Waals surface area (Å²) in [5, 5.41) is 10.8. The number of hydrogen-bond acceptors (Lipinski definition) is 4. The van der Waals surface area contributed by atoms with E-state index < -0.39 is 16.6 Å². The van der Waals surface area contributed by atoms with E-state index in [-0.39, 0.29) is 22.9 Å². The Labute approximate surface area is 121 Å². The quantitative estimate of drug-likeness (QED) is 0.633. The largest absolute Gasteiger partial charge is 0.381 e. The number of ether oxygens (including phenoxy) is 1. The number of rotatable bonds is 3. The molecular weight excluding hydrogens is 279 g/mol. The Morgan fingerprint density at radius 1 is 1.43 bits per heavy atom. The van der Waals surface area contributed by atoms with E-state index in [0.29, 0.717) is 25.9 Å². The molecule has 1 aromatic carbocycles. The van der Waals surface area contributed by atoms with Crippen molar-refractivity contribution in [2.45, 2.75) is 25.9 Å². The molecule has 0 N–H and O–H groups in total. The highest BCUT2D eigenvalue weighted by Crippen LogP contribution is 2.24. The molecule has 114 valence electrons. The van der Waals surface area contributed by atoms with E-state index in [1.165, 1.54) is 11.8 Å². The third kappa shape index (κ3) is 3.18. The summed E-state index contributed by atoms with van der Waals surface area (Å²) in [7, 11) is 1.62. The number of piperidine rings is 1. The van der Waals surface area contributed by atoms with Crippen molar-refractivity contribution < 1.29 is 18.8 Å². The minimum Gasteiger partial charge on any atom is -0.381 e. The molecule has 6 nitrogen and oxygen atoms in total. The van der Waals surface area contributed by atoms with Gasteiger partial charge in [0.1, 0.15) is 5.82 Å². The van der Waals surface area contributed by atoms with E-state index in [1.54, 1.807) is 7.11 Å². The predicted molar refractivity (Wildman–Crippen MR) is 73.7 cm³/mol. The second-order valence-electron chi connectivity index (χ2n) is 5.11. The van der Waals surface area contributed by atoms with Gasteiger partial charge < -0.3 is 9.64 Å². The van der Waals surface area contributed by atoms with Crippen LogP contribution >= 0.6 is 0 Å². The zero-order valence-electron chi connectivity index (χ0n) is 12.0. The molecule has 2 rings (SSSR count). The maximum atomic E-state index is 14.1. The van der Waals surface area contributed by atoms with Crippen LogP contribution in [-0.4, -0.2) is 42.0 Å². The SMILES string of the molecule is COC1CCN(C(=O)c2cc([N+](=O)[O-])cc(C)c2F)CC1. The number of methoxy groups -OCH3 is 1. The average molecular weight is 296 g/mol. The molecule has 1 heterocycles. The number of amides is 1. The van der Waals surface area contributed by atoms with E-state index in [0.717, 1.165) is 12.1 Å². The maximum Gasteiger partial charge on any atom is 0.270 e. The molecule has 0 bridgehead atoms. The second kappa shape index (κ2) is 6.17. The number of nitro benzene ring substituents is 1. The summed E-state index contributed by atoms with van der Waals surface area (Å²) in [4.78, 5) is 24.1. The molecule has 21 heavy (non-hydrogen) atoms. The Morgan fingerprint density at radius 3 is 2.57 bits per heavy atom. The van der Waals surface area contributed by atoms with Gasteiger partial charge in [-0.25, -0.2) is 4.39 Å². The monoisotopic (exact) mass is 296 g/mol. The topological polar surface area (TPSA) is 72.7 Å². The van der Waals surface area contributed by atoms with Crippen LogP contribution in [0, 0.1) is 22.9 Å². The predicted octanol–water partition coefficient (Wildman–Crippen LogP) is 2.29. The highest BCUT2D eigenvalue weighted by atomic mass is 19.1. The molecule has 1 fully saturated rings. The maximum absolute atomic E-state index is 14.1. The lowest BCUT2D eigenvalue weighted by atomic mass is 10.0. The van der Waals surface area contributed by atoms with Crippen LogP contribution < -0.4 is 0 Å². The number of halogens is 1. The summed E-state index contributed by atoms with van der Waals surface area (Å²) >= 11 is 0. The van der Waals surface area contributed by atoms with Gasteiger partial charge in [0.05, 0.1) is 16.6 Å². The molecule has 1 aliphatic heterocycles. The van der Waals surface area contributed by atoms with E-state index in [2.05, 4.69) is 0 Å². The van der Waals surface area contributed by atoms with Gasteiger partial charge >= 0.3 is 0 Å². The van der Waals surface area contributed by atoms with Gasteiger partial charge in [0, 0.05) is 32.3 Å². The lowest BCUT2D eigenvalue weighted by Gasteiger charge is -2.31. The number of hydrogen-bond donors (Lipinski definition) is 0. The first-order valence-corrected chi connectivity index (χ1v) is 6.70. The number of likely N-dealkylation sites (tertiary alicyclic amines) is 1. The standard InChI is InChI=1S/C14H17FN2O4/c1-9-7-10(17(19)20)8-12(13(9)15)14(18)16-5-3-11(21-2)4-6-16/h7-8,11H,3-6H2,1-2H3. The molecule has 1 amide bonds. The van der Waals surface area contributed by atoms with Crippen molar-refractivity contribution in [1.29, 1.82) is 0 Å². The summed E-state index contributed by atoms with van der Waals surface area (Å²) in [6, 6.07) is 2.14. The van der Waals surface area contributed by atoms with Gasteiger partial charge in [0.15, 0.2) is 0 Å². The van der Waals surface area contributed by atoms with Gasteiger partial charge in [0.2, 0.25) is 0 Å². The Kier molecular flexibility index (Phi) is 4.52. The first-order chi connectivity index (χ1) is 9.93. The van der Waals surface area contributed by atoms with Crippen molar-refractivity contribution >= 4 is 11.6 Å². The zero-order valence-corrected chi connectivity index (χ0v) is 12.0. The number of carbonyl (C=O) groups excluding carboxylic acids is 1. The summed E-state index contributed by atoms with van der Waals surface area (Å²) < 4.78 is 19.3. The summed E-state index contributed by atoms with van der Waals surface area (Å²) in [5.41, 5.74) is -0.416. The molecule has 0 atom stereocenters. The number of aryl methyl sites for hydroxylation is 1. The Balaban J connectivity index is 2.25. The molecule has 0 aliphatic carbocycles. The third-order valence-corrected chi connectivity index (χ3v) is 3.74. The average Bonchev–Trinajstić information content (AvgIpc) is 2.49. The lowest BCUT2D eigenvalue weighted by Crippen LogP contribution is -2.41. The fraction of sp³-hybridized carbons (Fsp3) is 0.500. The minimum atomic E-state index is -0.695. The molecule has 0 spiro atoms. The molecule has 0 aromatic heterocycles. The van der Waals surface area contributed by atoms with Gasteiger partial charge in [-0.3, -0.25) is 14.9 Å². The summed E-state index contributed by atoms with van der Waals surface area (Å²) in [5.74, 6) is -1.20. The number of non-ortho nitro benzene ring substituents is 1. The van der Waals surface area contributed by atoms with Crippen molar-refractivity contribution in [3.05, 3.63) is 39.2 Å². The number of carbonyl (C=O) groups is 1. The lowest BCUT2D eigenvalue weighted by molar-refractivity contribution is -0.385. The third-order valence-electron chi connectivity index (χ3n) is 3.74. The molecule has 7 heteroatoms. The zero-order chi connectivity index (χ0) is 15.6. The van der Waals surface area contributed by atoms with E-state index in [9.17, 15) is 19.3 Å². The van der Waals surface area contributed by atoms with Gasteiger partial charge in [-0.05, 0) is 25.3 Å². The smallest absolute Gasteiger partial charge is 0.270 e. The normalized spacial score (nSPS) is 16.0. The van der Waals surface area contributed by atoms with Gasteiger partial charge in [-0.2, -0.15) is 0 Å². The van der Waals surface area contributed by atoms with E-state index >= 15 is 0 Å². The van der Waals surface area contributed by atoms with Crippen molar-refractivity contribution in [3.8, 4) is 0 Å². The van der Waals surface area contributed by atoms with Gasteiger partial charge in [-0.1, -0.05) is 0 Å². The van der Waals surface area contributed by atoms with Crippen molar-refractivity contribution in [2.75, 3.05) is 20.2 Å². The summed E-state index contributed by atoms with van der Waals surface area (Å²) in [6.07, 6.45) is 1.46. The molecule has 0 saturated carbocycles. The Morgan fingerprint density at radius 2 is 2.05 bits per heavy atom. The van der Waals surface area contributed by atoms with Crippen LogP contribution in [0.5, 0.6) is 0 Å². The number of nitrogens with zero attached hydrogens (tertiary/aromatic N) is 2. The highest BCUT2D eigenvalue weighted by Gasteiger charge is 2.27. The summed E-state index contributed by atoms with van der Waals surface area (Å²) in [6.45, 7) is 2.33. The Hall–Kier alpha value is -2.02. The fourth-order valence-electron chi connectivity index (χ4n) is 2.48. The van der Waals surface area contributed by atoms with Crippen LogP contribution in [0.15, 0.2) is 12.1 Å². The molecule has 1 aliphatic rings. The first-order valence-electron chi connectivity index (χ1n) is 6.70. The number of nitro groups is 1. The van der Waals surface area contributed by atoms with Gasteiger partial charge in [0.25, 0.3) is 11.6 Å². The second-order valence-corrected chi connectivity index (χ2v) is 5.11. The van der Waals surface area contributed by atoms with Crippen LogP contribution in [0.2, 0.25) is 0 Å². The van der Waals surface area contributed by atoms with Crippen molar-refractivity contribution in [3.63, 3.8) is 0 Å². The Bertz CT molecular complexity index is 568. The first kappa shape index (κ1) is 15.4.